The summed E-state index contributed by atoms with van der Waals surface area (Å²) < 4.78 is 4.98. The van der Waals surface area contributed by atoms with E-state index in [1.807, 2.05) is 11.9 Å². The van der Waals surface area contributed by atoms with Gasteiger partial charge >= 0.3 is 5.97 Å². The number of rotatable bonds is 8. The number of hydrogen-bond acceptors (Lipinski definition) is 7. The molecule has 118 valence electrons. The minimum absolute atomic E-state index is 0.134. The van der Waals surface area contributed by atoms with Crippen molar-refractivity contribution in [3.05, 3.63) is 10.6 Å². The fraction of sp³-hybridized carbons (Fsp3) is 0.643. The zero-order valence-electron chi connectivity index (χ0n) is 13.1. The predicted octanol–water partition coefficient (Wildman–Crippen LogP) is 3.10. The summed E-state index contributed by atoms with van der Waals surface area (Å²) in [4.78, 5) is 30.4. The Morgan fingerprint density at radius 2 is 2.10 bits per heavy atom. The molecular formula is C14H22N2O3S2. The minimum atomic E-state index is -0.531. The lowest BCUT2D eigenvalue weighted by Crippen LogP contribution is -2.33. The molecule has 0 amide bonds. The van der Waals surface area contributed by atoms with Gasteiger partial charge in [0.25, 0.3) is 0 Å². The van der Waals surface area contributed by atoms with Gasteiger partial charge < -0.3 is 9.64 Å². The third kappa shape index (κ3) is 4.44. The van der Waals surface area contributed by atoms with Crippen LogP contribution >= 0.6 is 23.1 Å². The van der Waals surface area contributed by atoms with Gasteiger partial charge in [-0.1, -0.05) is 18.3 Å². The molecule has 0 aliphatic rings. The number of ketones is 1. The fourth-order valence-electron chi connectivity index (χ4n) is 1.89. The summed E-state index contributed by atoms with van der Waals surface area (Å²) in [6.07, 6.45) is 3.03. The number of nitrogens with zero attached hydrogens (tertiary/aromatic N) is 2. The van der Waals surface area contributed by atoms with Crippen LogP contribution in [-0.4, -0.2) is 48.4 Å². The van der Waals surface area contributed by atoms with Crippen LogP contribution < -0.4 is 4.90 Å². The average molecular weight is 330 g/mol. The predicted molar refractivity (Wildman–Crippen MR) is 88.9 cm³/mol. The number of Topliss-reactive ketones (excluding diaryl/α,β-unsaturated/α-hetero) is 1. The van der Waals surface area contributed by atoms with E-state index in [4.69, 9.17) is 4.74 Å². The van der Waals surface area contributed by atoms with Crippen molar-refractivity contribution in [3.8, 4) is 0 Å². The Balaban J connectivity index is 3.11. The van der Waals surface area contributed by atoms with Crippen LogP contribution in [0.4, 0.5) is 5.13 Å². The minimum Gasteiger partial charge on any atom is -0.461 e. The average Bonchev–Trinajstić information content (AvgIpc) is 2.89. The summed E-state index contributed by atoms with van der Waals surface area (Å²) in [6, 6.07) is 0.320. The number of carbonyl (C=O) groups is 2. The maximum atomic E-state index is 11.9. The number of aromatic nitrogens is 1. The highest BCUT2D eigenvalue weighted by molar-refractivity contribution is 7.98. The van der Waals surface area contributed by atoms with E-state index in [0.29, 0.717) is 16.1 Å². The fourth-order valence-corrected chi connectivity index (χ4v) is 3.71. The van der Waals surface area contributed by atoms with Gasteiger partial charge in [0.1, 0.15) is 4.88 Å². The molecule has 0 aliphatic carbocycles. The van der Waals surface area contributed by atoms with Gasteiger partial charge in [-0.05, 0) is 19.6 Å². The van der Waals surface area contributed by atoms with E-state index >= 15 is 0 Å². The Hall–Kier alpha value is -1.08. The molecule has 7 heteroatoms. The van der Waals surface area contributed by atoms with E-state index in [9.17, 15) is 9.59 Å². The van der Waals surface area contributed by atoms with Crippen molar-refractivity contribution in [3.63, 3.8) is 0 Å². The first-order valence-corrected chi connectivity index (χ1v) is 9.07. The molecular weight excluding hydrogens is 308 g/mol. The Morgan fingerprint density at radius 3 is 2.57 bits per heavy atom. The smallest absolute Gasteiger partial charge is 0.358 e. The van der Waals surface area contributed by atoms with Crippen LogP contribution in [0.2, 0.25) is 0 Å². The first-order chi connectivity index (χ1) is 9.96. The van der Waals surface area contributed by atoms with Crippen molar-refractivity contribution >= 4 is 40.0 Å². The third-order valence-corrected chi connectivity index (χ3v) is 5.05. The summed E-state index contributed by atoms with van der Waals surface area (Å²) in [7, 11) is 1.95. The standard InChI is InChI=1S/C14H22N2O3S2/c1-6-10(8-20-5)16(4)14-15-11(13(18)19-7-2)12(21-14)9(3)17/h10H,6-8H2,1-5H3. The SMILES string of the molecule is CCOC(=O)c1nc(N(C)C(CC)CSC)sc1C(C)=O. The highest BCUT2D eigenvalue weighted by Gasteiger charge is 2.25. The highest BCUT2D eigenvalue weighted by atomic mass is 32.2. The molecule has 0 bridgehead atoms. The lowest BCUT2D eigenvalue weighted by Gasteiger charge is -2.26. The van der Waals surface area contributed by atoms with E-state index in [0.717, 1.165) is 12.2 Å². The summed E-state index contributed by atoms with van der Waals surface area (Å²) >= 11 is 3.02. The quantitative estimate of drug-likeness (QED) is 0.539. The number of esters is 1. The second-order valence-corrected chi connectivity index (χ2v) is 6.47. The maximum absolute atomic E-state index is 11.9. The van der Waals surface area contributed by atoms with Gasteiger partial charge in [-0.2, -0.15) is 11.8 Å². The van der Waals surface area contributed by atoms with E-state index in [2.05, 4.69) is 18.2 Å². The van der Waals surface area contributed by atoms with Crippen LogP contribution in [0.1, 0.15) is 47.4 Å². The molecule has 0 spiro atoms. The number of thiazole rings is 1. The molecule has 1 atom stereocenters. The molecule has 0 saturated heterocycles. The zero-order valence-corrected chi connectivity index (χ0v) is 14.8. The number of anilines is 1. The normalized spacial score (nSPS) is 12.0. The number of hydrogen-bond donors (Lipinski definition) is 0. The number of ether oxygens (including phenoxy) is 1. The van der Waals surface area contributed by atoms with E-state index in [-0.39, 0.29) is 18.1 Å². The van der Waals surface area contributed by atoms with E-state index in [1.165, 1.54) is 18.3 Å². The van der Waals surface area contributed by atoms with Gasteiger partial charge in [-0.3, -0.25) is 4.79 Å². The van der Waals surface area contributed by atoms with Gasteiger partial charge in [0, 0.05) is 25.8 Å². The van der Waals surface area contributed by atoms with Gasteiger partial charge in [0.15, 0.2) is 16.6 Å². The van der Waals surface area contributed by atoms with Crippen LogP contribution in [0.5, 0.6) is 0 Å². The summed E-state index contributed by atoms with van der Waals surface area (Å²) in [5.41, 5.74) is 0.134. The van der Waals surface area contributed by atoms with Crippen LogP contribution in [0.15, 0.2) is 0 Å². The Kier molecular flexibility index (Phi) is 7.17. The molecule has 0 fully saturated rings. The monoisotopic (exact) mass is 330 g/mol. The Labute approximate surface area is 134 Å². The molecule has 5 nitrogen and oxygen atoms in total. The first kappa shape index (κ1) is 18.0. The lowest BCUT2D eigenvalue weighted by molar-refractivity contribution is 0.0517. The summed E-state index contributed by atoms with van der Waals surface area (Å²) in [6.45, 7) is 5.56. The van der Waals surface area contributed by atoms with E-state index in [1.54, 1.807) is 18.7 Å². The molecule has 1 aromatic rings. The van der Waals surface area contributed by atoms with Crippen molar-refractivity contribution < 1.29 is 14.3 Å². The molecule has 1 unspecified atom stereocenters. The van der Waals surface area contributed by atoms with E-state index < -0.39 is 5.97 Å². The van der Waals surface area contributed by atoms with Crippen LogP contribution in [0, 0.1) is 0 Å². The maximum Gasteiger partial charge on any atom is 0.358 e. The van der Waals surface area contributed by atoms with Crippen LogP contribution in [-0.2, 0) is 4.74 Å². The number of carbonyl (C=O) groups excluding carboxylic acids is 2. The zero-order chi connectivity index (χ0) is 16.0. The highest BCUT2D eigenvalue weighted by Crippen LogP contribution is 2.29. The van der Waals surface area contributed by atoms with Gasteiger partial charge in [0.2, 0.25) is 0 Å². The molecule has 21 heavy (non-hydrogen) atoms. The first-order valence-electron chi connectivity index (χ1n) is 6.86. The molecule has 0 radical (unpaired) electrons. The molecule has 1 aromatic heterocycles. The van der Waals surface area contributed by atoms with Gasteiger partial charge in [-0.25, -0.2) is 9.78 Å². The topological polar surface area (TPSA) is 59.5 Å². The molecule has 0 aromatic carbocycles. The molecule has 0 aliphatic heterocycles. The largest absolute Gasteiger partial charge is 0.461 e. The van der Waals surface area contributed by atoms with Gasteiger partial charge in [0.05, 0.1) is 6.61 Å². The lowest BCUT2D eigenvalue weighted by atomic mass is 10.2. The molecule has 0 N–H and O–H groups in total. The Morgan fingerprint density at radius 1 is 1.43 bits per heavy atom. The second kappa shape index (κ2) is 8.38. The Bertz CT molecular complexity index is 502. The van der Waals surface area contributed by atoms with Crippen LogP contribution in [0.3, 0.4) is 0 Å². The second-order valence-electron chi connectivity index (χ2n) is 4.58. The van der Waals surface area contributed by atoms with Gasteiger partial charge in [-0.15, -0.1) is 0 Å². The van der Waals surface area contributed by atoms with Crippen molar-refractivity contribution in [1.82, 2.24) is 4.98 Å². The summed E-state index contributed by atoms with van der Waals surface area (Å²) in [5.74, 6) is 0.279. The number of thioether (sulfide) groups is 1. The summed E-state index contributed by atoms with van der Waals surface area (Å²) in [5, 5.41) is 0.684. The van der Waals surface area contributed by atoms with Crippen LogP contribution in [0.25, 0.3) is 0 Å². The molecule has 1 heterocycles. The molecule has 0 saturated carbocycles. The molecule has 1 rings (SSSR count). The third-order valence-electron chi connectivity index (χ3n) is 3.08. The van der Waals surface area contributed by atoms with Crippen molar-refractivity contribution in [2.75, 3.05) is 30.6 Å². The van der Waals surface area contributed by atoms with Crippen molar-refractivity contribution in [2.45, 2.75) is 33.2 Å². The van der Waals surface area contributed by atoms with Crippen molar-refractivity contribution in [2.24, 2.45) is 0 Å². The van der Waals surface area contributed by atoms with Crippen molar-refractivity contribution in [1.29, 1.82) is 0 Å².